The number of hydrogen-bond donors (Lipinski definition) is 2. The van der Waals surface area contributed by atoms with E-state index in [2.05, 4.69) is 21.4 Å². The Morgan fingerprint density at radius 3 is 2.76 bits per heavy atom. The number of amides is 1. The molecule has 0 unspecified atom stereocenters. The van der Waals surface area contributed by atoms with Gasteiger partial charge in [0.25, 0.3) is 5.91 Å². The quantitative estimate of drug-likeness (QED) is 0.698. The maximum absolute atomic E-state index is 13.6. The van der Waals surface area contributed by atoms with E-state index in [-0.39, 0.29) is 17.3 Å². The maximum atomic E-state index is 13.6. The first-order chi connectivity index (χ1) is 12.2. The summed E-state index contributed by atoms with van der Waals surface area (Å²) in [7, 11) is 0. The van der Waals surface area contributed by atoms with Gasteiger partial charge >= 0.3 is 0 Å². The minimum absolute atomic E-state index is 0.0232. The van der Waals surface area contributed by atoms with Crippen molar-refractivity contribution in [3.8, 4) is 11.1 Å². The number of fused-ring (bicyclic) bond motifs is 3. The first kappa shape index (κ1) is 14.6. The zero-order valence-electron chi connectivity index (χ0n) is 13.7. The summed E-state index contributed by atoms with van der Waals surface area (Å²) in [6, 6.07) is 7.44. The summed E-state index contributed by atoms with van der Waals surface area (Å²) in [5.74, 6) is -0.329. The van der Waals surface area contributed by atoms with E-state index in [9.17, 15) is 9.18 Å². The van der Waals surface area contributed by atoms with Crippen LogP contribution in [0.2, 0.25) is 0 Å². The number of rotatable bonds is 1. The lowest BCUT2D eigenvalue weighted by Crippen LogP contribution is -2.40. The van der Waals surface area contributed by atoms with Gasteiger partial charge < -0.3 is 10.3 Å². The SMILES string of the molecule is O=C1NC2(CCCCC2)c2cc(-c3c[nH]c4ncc(F)cc34)ccc21. The molecule has 1 amide bonds. The van der Waals surface area contributed by atoms with Gasteiger partial charge in [0, 0.05) is 22.7 Å². The highest BCUT2D eigenvalue weighted by molar-refractivity contribution is 6.01. The fraction of sp³-hybridized carbons (Fsp3) is 0.300. The molecular weight excluding hydrogens is 317 g/mol. The van der Waals surface area contributed by atoms with E-state index < -0.39 is 0 Å². The largest absolute Gasteiger partial charge is 0.346 e. The number of aromatic nitrogens is 2. The lowest BCUT2D eigenvalue weighted by atomic mass is 9.77. The number of nitrogens with one attached hydrogen (secondary N) is 2. The Hall–Kier alpha value is -2.69. The first-order valence-electron chi connectivity index (χ1n) is 8.76. The van der Waals surface area contributed by atoms with Gasteiger partial charge in [0.15, 0.2) is 0 Å². The van der Waals surface area contributed by atoms with Gasteiger partial charge in [0.2, 0.25) is 0 Å². The van der Waals surface area contributed by atoms with Crippen LogP contribution < -0.4 is 5.32 Å². The van der Waals surface area contributed by atoms with Gasteiger partial charge in [-0.1, -0.05) is 25.3 Å². The van der Waals surface area contributed by atoms with Crippen molar-refractivity contribution in [2.75, 3.05) is 0 Å². The van der Waals surface area contributed by atoms with Crippen LogP contribution in [0.5, 0.6) is 0 Å². The molecule has 2 N–H and O–H groups in total. The molecule has 1 saturated carbocycles. The van der Waals surface area contributed by atoms with Crippen LogP contribution >= 0.6 is 0 Å². The molecule has 3 heterocycles. The summed E-state index contributed by atoms with van der Waals surface area (Å²) in [4.78, 5) is 19.6. The predicted molar refractivity (Wildman–Crippen MR) is 93.7 cm³/mol. The van der Waals surface area contributed by atoms with Gasteiger partial charge in [-0.3, -0.25) is 4.79 Å². The predicted octanol–water partition coefficient (Wildman–Crippen LogP) is 4.27. The van der Waals surface area contributed by atoms with Crippen LogP contribution in [0.1, 0.15) is 48.0 Å². The van der Waals surface area contributed by atoms with E-state index in [4.69, 9.17) is 0 Å². The number of hydrogen-bond acceptors (Lipinski definition) is 2. The summed E-state index contributed by atoms with van der Waals surface area (Å²) in [5, 5.41) is 3.99. The second-order valence-electron chi connectivity index (χ2n) is 7.11. The molecule has 2 aliphatic rings. The molecule has 1 spiro atoms. The molecule has 5 rings (SSSR count). The Kier molecular flexibility index (Phi) is 3.02. The number of aromatic amines is 1. The van der Waals surface area contributed by atoms with E-state index in [0.717, 1.165) is 53.3 Å². The second-order valence-corrected chi connectivity index (χ2v) is 7.11. The van der Waals surface area contributed by atoms with Crippen LogP contribution in [-0.2, 0) is 5.54 Å². The number of pyridine rings is 1. The van der Waals surface area contributed by atoms with Crippen molar-refractivity contribution in [2.45, 2.75) is 37.6 Å². The molecule has 1 aliphatic carbocycles. The van der Waals surface area contributed by atoms with Crippen LogP contribution in [0, 0.1) is 5.82 Å². The Labute approximate surface area is 144 Å². The minimum Gasteiger partial charge on any atom is -0.346 e. The molecule has 5 heteroatoms. The standard InChI is InChI=1S/C20H18FN3O/c21-13-9-15-16(11-23-18(15)22-10-13)12-4-5-14-17(8-12)20(24-19(14)25)6-2-1-3-7-20/h4-5,8-11H,1-3,6-7H2,(H,22,23)(H,24,25). The van der Waals surface area contributed by atoms with Crippen LogP contribution in [0.4, 0.5) is 4.39 Å². The zero-order valence-corrected chi connectivity index (χ0v) is 13.7. The highest BCUT2D eigenvalue weighted by Crippen LogP contribution is 2.44. The Balaban J connectivity index is 1.68. The lowest BCUT2D eigenvalue weighted by molar-refractivity contribution is 0.0909. The van der Waals surface area contributed by atoms with E-state index in [0.29, 0.717) is 5.65 Å². The molecule has 1 aliphatic heterocycles. The van der Waals surface area contributed by atoms with Gasteiger partial charge in [0.1, 0.15) is 11.5 Å². The van der Waals surface area contributed by atoms with Crippen LogP contribution in [0.3, 0.4) is 0 Å². The zero-order chi connectivity index (χ0) is 17.0. The molecule has 126 valence electrons. The van der Waals surface area contributed by atoms with Crippen molar-refractivity contribution in [3.63, 3.8) is 0 Å². The molecule has 25 heavy (non-hydrogen) atoms. The van der Waals surface area contributed by atoms with Crippen molar-refractivity contribution in [3.05, 3.63) is 53.6 Å². The number of H-pyrrole nitrogens is 1. The lowest BCUT2D eigenvalue weighted by Gasteiger charge is -2.34. The third-order valence-electron chi connectivity index (χ3n) is 5.65. The number of benzene rings is 1. The van der Waals surface area contributed by atoms with Crippen molar-refractivity contribution in [1.82, 2.24) is 15.3 Å². The van der Waals surface area contributed by atoms with Gasteiger partial charge in [-0.05, 0) is 42.2 Å². The fourth-order valence-corrected chi connectivity index (χ4v) is 4.42. The first-order valence-corrected chi connectivity index (χ1v) is 8.76. The average molecular weight is 335 g/mol. The minimum atomic E-state index is -0.352. The Morgan fingerprint density at radius 2 is 1.92 bits per heavy atom. The maximum Gasteiger partial charge on any atom is 0.252 e. The van der Waals surface area contributed by atoms with Crippen molar-refractivity contribution < 1.29 is 9.18 Å². The van der Waals surface area contributed by atoms with E-state index in [1.54, 1.807) is 0 Å². The molecule has 0 saturated heterocycles. The van der Waals surface area contributed by atoms with Gasteiger partial charge in [-0.15, -0.1) is 0 Å². The third-order valence-corrected chi connectivity index (χ3v) is 5.65. The topological polar surface area (TPSA) is 57.8 Å². The van der Waals surface area contributed by atoms with Crippen LogP contribution in [0.25, 0.3) is 22.2 Å². The summed E-state index contributed by atoms with van der Waals surface area (Å²) in [6.07, 6.45) is 8.53. The summed E-state index contributed by atoms with van der Waals surface area (Å²) < 4.78 is 13.6. The number of carbonyl (C=O) groups is 1. The van der Waals surface area contributed by atoms with Crippen molar-refractivity contribution >= 4 is 16.9 Å². The monoisotopic (exact) mass is 335 g/mol. The van der Waals surface area contributed by atoms with Crippen LogP contribution in [-0.4, -0.2) is 15.9 Å². The summed E-state index contributed by atoms with van der Waals surface area (Å²) in [6.45, 7) is 0. The van der Waals surface area contributed by atoms with E-state index in [1.807, 2.05) is 18.3 Å². The molecule has 1 fully saturated rings. The van der Waals surface area contributed by atoms with Crippen LogP contribution in [0.15, 0.2) is 36.7 Å². The normalized spacial score (nSPS) is 18.5. The number of halogens is 1. The van der Waals surface area contributed by atoms with E-state index >= 15 is 0 Å². The molecule has 1 aromatic carbocycles. The molecule has 0 bridgehead atoms. The van der Waals surface area contributed by atoms with Gasteiger partial charge in [0.05, 0.1) is 11.7 Å². The summed E-state index contributed by atoms with van der Waals surface area (Å²) >= 11 is 0. The third kappa shape index (κ3) is 2.11. The van der Waals surface area contributed by atoms with E-state index in [1.165, 1.54) is 18.7 Å². The van der Waals surface area contributed by atoms with Gasteiger partial charge in [-0.2, -0.15) is 0 Å². The smallest absolute Gasteiger partial charge is 0.252 e. The fourth-order valence-electron chi connectivity index (χ4n) is 4.42. The van der Waals surface area contributed by atoms with Crippen molar-refractivity contribution in [2.24, 2.45) is 0 Å². The highest BCUT2D eigenvalue weighted by Gasteiger charge is 2.43. The molecule has 4 nitrogen and oxygen atoms in total. The highest BCUT2D eigenvalue weighted by atomic mass is 19.1. The molecular formula is C20H18FN3O. The second kappa shape index (κ2) is 5.15. The number of carbonyl (C=O) groups excluding carboxylic acids is 1. The number of nitrogens with zero attached hydrogens (tertiary/aromatic N) is 1. The molecule has 0 atom stereocenters. The Bertz CT molecular complexity index is 1000. The molecule has 0 radical (unpaired) electrons. The van der Waals surface area contributed by atoms with Crippen molar-refractivity contribution in [1.29, 1.82) is 0 Å². The Morgan fingerprint density at radius 1 is 1.08 bits per heavy atom. The average Bonchev–Trinajstić information content (AvgIpc) is 3.15. The molecule has 3 aromatic rings. The molecule has 2 aromatic heterocycles. The van der Waals surface area contributed by atoms with Gasteiger partial charge in [-0.25, -0.2) is 9.37 Å². The summed E-state index contributed by atoms with van der Waals surface area (Å²) in [5.41, 5.74) is 4.20.